The molecule has 0 aromatic heterocycles. The highest BCUT2D eigenvalue weighted by Crippen LogP contribution is 2.33. The molecule has 1 rings (SSSR count). The van der Waals surface area contributed by atoms with Gasteiger partial charge in [0, 0.05) is 12.1 Å². The van der Waals surface area contributed by atoms with Crippen LogP contribution in [0.5, 0.6) is 0 Å². The summed E-state index contributed by atoms with van der Waals surface area (Å²) in [5.41, 5.74) is -1.99. The zero-order valence-corrected chi connectivity index (χ0v) is 9.60. The van der Waals surface area contributed by atoms with Gasteiger partial charge in [-0.25, -0.2) is 4.79 Å². The van der Waals surface area contributed by atoms with Crippen molar-refractivity contribution in [2.45, 2.75) is 6.18 Å². The summed E-state index contributed by atoms with van der Waals surface area (Å²) in [6, 6.07) is 2.03. The maximum Gasteiger partial charge on any atom is 0.416 e. The van der Waals surface area contributed by atoms with Crippen LogP contribution in [0, 0.1) is 10.1 Å². The summed E-state index contributed by atoms with van der Waals surface area (Å²) < 4.78 is 41.5. The number of hydrogen-bond donors (Lipinski definition) is 0. The number of alkyl halides is 3. The summed E-state index contributed by atoms with van der Waals surface area (Å²) in [5, 5.41) is 10.7. The Morgan fingerprint density at radius 3 is 2.53 bits per heavy atom. The van der Waals surface area contributed by atoms with Crippen LogP contribution in [-0.2, 0) is 15.7 Å². The van der Waals surface area contributed by atoms with E-state index < -0.39 is 28.3 Å². The van der Waals surface area contributed by atoms with Gasteiger partial charge in [-0.3, -0.25) is 10.1 Å². The lowest BCUT2D eigenvalue weighted by atomic mass is 10.1. The average molecular weight is 275 g/mol. The highest BCUT2D eigenvalue weighted by Gasteiger charge is 2.32. The molecule has 0 bridgehead atoms. The smallest absolute Gasteiger partial charge is 0.416 e. The third-order valence-corrected chi connectivity index (χ3v) is 2.15. The van der Waals surface area contributed by atoms with Crippen LogP contribution in [0.4, 0.5) is 18.9 Å². The van der Waals surface area contributed by atoms with Crippen molar-refractivity contribution in [3.63, 3.8) is 0 Å². The Morgan fingerprint density at radius 2 is 2.05 bits per heavy atom. The van der Waals surface area contributed by atoms with Gasteiger partial charge in [-0.05, 0) is 18.2 Å². The van der Waals surface area contributed by atoms with Gasteiger partial charge >= 0.3 is 12.1 Å². The molecule has 0 unspecified atom stereocenters. The van der Waals surface area contributed by atoms with E-state index in [4.69, 9.17) is 0 Å². The Hall–Kier alpha value is -2.38. The van der Waals surface area contributed by atoms with E-state index in [0.29, 0.717) is 12.1 Å². The van der Waals surface area contributed by atoms with E-state index in [1.54, 1.807) is 0 Å². The van der Waals surface area contributed by atoms with Gasteiger partial charge in [-0.2, -0.15) is 13.2 Å². The van der Waals surface area contributed by atoms with Crippen molar-refractivity contribution in [1.82, 2.24) is 0 Å². The lowest BCUT2D eigenvalue weighted by Gasteiger charge is -2.07. The first-order valence-electron chi connectivity index (χ1n) is 4.87. The van der Waals surface area contributed by atoms with E-state index in [9.17, 15) is 28.1 Å². The van der Waals surface area contributed by atoms with Crippen LogP contribution in [0.3, 0.4) is 0 Å². The molecule has 0 saturated carbocycles. The topological polar surface area (TPSA) is 69.4 Å². The first-order chi connectivity index (χ1) is 8.75. The fourth-order valence-corrected chi connectivity index (χ4v) is 1.24. The lowest BCUT2D eigenvalue weighted by Crippen LogP contribution is -2.06. The lowest BCUT2D eigenvalue weighted by molar-refractivity contribution is -0.385. The van der Waals surface area contributed by atoms with E-state index in [-0.39, 0.29) is 5.56 Å². The second-order valence-corrected chi connectivity index (χ2v) is 3.38. The van der Waals surface area contributed by atoms with Gasteiger partial charge in [0.1, 0.15) is 0 Å². The minimum absolute atomic E-state index is 0.122. The molecule has 8 heteroatoms. The predicted octanol–water partition coefficient (Wildman–Crippen LogP) is 2.80. The summed E-state index contributed by atoms with van der Waals surface area (Å²) in [6.45, 7) is 0. The second kappa shape index (κ2) is 5.51. The molecule has 0 spiro atoms. The van der Waals surface area contributed by atoms with Crippen molar-refractivity contribution in [3.8, 4) is 0 Å². The summed E-state index contributed by atoms with van der Waals surface area (Å²) in [7, 11) is 1.10. The largest absolute Gasteiger partial charge is 0.466 e. The van der Waals surface area contributed by atoms with Gasteiger partial charge in [0.15, 0.2) is 0 Å². The Labute approximate surface area is 105 Å². The van der Waals surface area contributed by atoms with Crippen molar-refractivity contribution in [2.75, 3.05) is 7.11 Å². The number of rotatable bonds is 3. The number of carbonyl (C=O) groups is 1. The van der Waals surface area contributed by atoms with Crippen molar-refractivity contribution >= 4 is 17.7 Å². The van der Waals surface area contributed by atoms with Crippen molar-refractivity contribution in [3.05, 3.63) is 45.5 Å². The molecule has 0 aliphatic carbocycles. The summed E-state index contributed by atoms with van der Waals surface area (Å²) in [4.78, 5) is 20.6. The molecule has 0 aliphatic rings. The molecule has 5 nitrogen and oxygen atoms in total. The Balaban J connectivity index is 3.23. The highest BCUT2D eigenvalue weighted by atomic mass is 19.4. The SMILES string of the molecule is COC(=O)C=Cc1ccc(C(F)(F)F)cc1[N+](=O)[O-]. The second-order valence-electron chi connectivity index (χ2n) is 3.38. The monoisotopic (exact) mass is 275 g/mol. The molecule has 1 aromatic carbocycles. The first kappa shape index (κ1) is 14.7. The van der Waals surface area contributed by atoms with Gasteiger partial charge < -0.3 is 4.74 Å². The first-order valence-corrected chi connectivity index (χ1v) is 4.87. The maximum atomic E-state index is 12.4. The fraction of sp³-hybridized carbons (Fsp3) is 0.182. The number of nitro benzene ring substituents is 1. The zero-order chi connectivity index (χ0) is 14.6. The number of carbonyl (C=O) groups excluding carboxylic acids is 1. The minimum atomic E-state index is -4.67. The molecule has 0 saturated heterocycles. The van der Waals surface area contributed by atoms with Crippen LogP contribution in [0.25, 0.3) is 6.08 Å². The molecule has 102 valence electrons. The van der Waals surface area contributed by atoms with Crippen molar-refractivity contribution in [1.29, 1.82) is 0 Å². The van der Waals surface area contributed by atoms with Crippen molar-refractivity contribution in [2.24, 2.45) is 0 Å². The third kappa shape index (κ3) is 3.80. The number of benzene rings is 1. The number of methoxy groups -OCH3 is 1. The number of nitrogens with zero attached hydrogens (tertiary/aromatic N) is 1. The Kier molecular flexibility index (Phi) is 4.26. The zero-order valence-electron chi connectivity index (χ0n) is 9.60. The van der Waals surface area contributed by atoms with Gasteiger partial charge in [-0.1, -0.05) is 0 Å². The molecule has 0 radical (unpaired) electrons. The van der Waals surface area contributed by atoms with Crippen LogP contribution in [0.2, 0.25) is 0 Å². The molecular formula is C11H8F3NO4. The van der Waals surface area contributed by atoms with E-state index >= 15 is 0 Å². The number of hydrogen-bond acceptors (Lipinski definition) is 4. The van der Waals surface area contributed by atoms with Crippen LogP contribution in [0.15, 0.2) is 24.3 Å². The Morgan fingerprint density at radius 1 is 1.42 bits per heavy atom. The van der Waals surface area contributed by atoms with E-state index in [2.05, 4.69) is 4.74 Å². The molecule has 19 heavy (non-hydrogen) atoms. The Bertz CT molecular complexity index is 537. The predicted molar refractivity (Wildman–Crippen MR) is 59.1 cm³/mol. The molecule has 0 N–H and O–H groups in total. The van der Waals surface area contributed by atoms with Gasteiger partial charge in [-0.15, -0.1) is 0 Å². The quantitative estimate of drug-likeness (QED) is 0.368. The maximum absolute atomic E-state index is 12.4. The molecule has 0 amide bonds. The number of halogens is 3. The number of nitro groups is 1. The summed E-state index contributed by atoms with van der Waals surface area (Å²) in [5.74, 6) is -0.769. The molecule has 1 aromatic rings. The van der Waals surface area contributed by atoms with E-state index in [1.165, 1.54) is 0 Å². The number of ether oxygens (including phenoxy) is 1. The van der Waals surface area contributed by atoms with Crippen LogP contribution in [-0.4, -0.2) is 18.0 Å². The van der Waals surface area contributed by atoms with Gasteiger partial charge in [0.05, 0.1) is 23.2 Å². The van der Waals surface area contributed by atoms with Gasteiger partial charge in [0.2, 0.25) is 0 Å². The van der Waals surface area contributed by atoms with Crippen LogP contribution >= 0.6 is 0 Å². The van der Waals surface area contributed by atoms with E-state index in [0.717, 1.165) is 25.3 Å². The van der Waals surface area contributed by atoms with Crippen LogP contribution in [0.1, 0.15) is 11.1 Å². The molecule has 0 fully saturated rings. The summed E-state index contributed by atoms with van der Waals surface area (Å²) >= 11 is 0. The van der Waals surface area contributed by atoms with E-state index in [1.807, 2.05) is 0 Å². The molecule has 0 heterocycles. The van der Waals surface area contributed by atoms with Crippen molar-refractivity contribution < 1.29 is 27.6 Å². The normalized spacial score (nSPS) is 11.6. The minimum Gasteiger partial charge on any atom is -0.466 e. The molecule has 0 atom stereocenters. The standard InChI is InChI=1S/C11H8F3NO4/c1-19-10(16)5-3-7-2-4-8(11(12,13)14)6-9(7)15(17)18/h2-6H,1H3. The molecular weight excluding hydrogens is 267 g/mol. The van der Waals surface area contributed by atoms with Crippen LogP contribution < -0.4 is 0 Å². The molecule has 0 aliphatic heterocycles. The summed E-state index contributed by atoms with van der Waals surface area (Å²) in [6.07, 6.45) is -2.77. The fourth-order valence-electron chi connectivity index (χ4n) is 1.24. The average Bonchev–Trinajstić information content (AvgIpc) is 2.34. The highest BCUT2D eigenvalue weighted by molar-refractivity contribution is 5.87. The van der Waals surface area contributed by atoms with Gasteiger partial charge in [0.25, 0.3) is 5.69 Å². The number of esters is 1. The third-order valence-electron chi connectivity index (χ3n) is 2.15.